The SMILES string of the molecule is O=C(COc1ccccc1)N1CCN(Cc2nc(-c3cccs3)cs2)CC1. The fourth-order valence-electron chi connectivity index (χ4n) is 3.02. The minimum Gasteiger partial charge on any atom is -0.484 e. The minimum absolute atomic E-state index is 0.0488. The van der Waals surface area contributed by atoms with Gasteiger partial charge in [-0.3, -0.25) is 9.69 Å². The van der Waals surface area contributed by atoms with Gasteiger partial charge in [0.2, 0.25) is 0 Å². The van der Waals surface area contributed by atoms with Crippen LogP contribution in [0.25, 0.3) is 10.6 Å². The van der Waals surface area contributed by atoms with Crippen LogP contribution in [0.1, 0.15) is 5.01 Å². The lowest BCUT2D eigenvalue weighted by Crippen LogP contribution is -2.49. The first-order valence-electron chi connectivity index (χ1n) is 8.94. The molecule has 27 heavy (non-hydrogen) atoms. The van der Waals surface area contributed by atoms with Crippen molar-refractivity contribution in [2.45, 2.75) is 6.54 Å². The molecule has 0 saturated carbocycles. The third-order valence-electron chi connectivity index (χ3n) is 4.51. The molecule has 140 valence electrons. The van der Waals surface area contributed by atoms with Crippen molar-refractivity contribution in [1.82, 2.24) is 14.8 Å². The van der Waals surface area contributed by atoms with Crippen molar-refractivity contribution in [2.75, 3.05) is 32.8 Å². The lowest BCUT2D eigenvalue weighted by Gasteiger charge is -2.34. The predicted octanol–water partition coefficient (Wildman–Crippen LogP) is 3.59. The fraction of sp³-hybridized carbons (Fsp3) is 0.300. The number of hydrogen-bond acceptors (Lipinski definition) is 6. The topological polar surface area (TPSA) is 45.7 Å². The van der Waals surface area contributed by atoms with Crippen molar-refractivity contribution < 1.29 is 9.53 Å². The highest BCUT2D eigenvalue weighted by Crippen LogP contribution is 2.26. The number of thiazole rings is 1. The van der Waals surface area contributed by atoms with Crippen LogP contribution in [0, 0.1) is 0 Å². The van der Waals surface area contributed by atoms with E-state index >= 15 is 0 Å². The van der Waals surface area contributed by atoms with Gasteiger partial charge >= 0.3 is 0 Å². The summed E-state index contributed by atoms with van der Waals surface area (Å²) in [5.41, 5.74) is 1.07. The smallest absolute Gasteiger partial charge is 0.260 e. The van der Waals surface area contributed by atoms with E-state index in [9.17, 15) is 4.79 Å². The molecule has 3 heterocycles. The van der Waals surface area contributed by atoms with Gasteiger partial charge < -0.3 is 9.64 Å². The number of carbonyl (C=O) groups excluding carboxylic acids is 1. The van der Waals surface area contributed by atoms with E-state index in [1.165, 1.54) is 4.88 Å². The standard InChI is InChI=1S/C20H21N3O2S2/c24-20(14-25-16-5-2-1-3-6-16)23-10-8-22(9-11-23)13-19-21-17(15-27-19)18-7-4-12-26-18/h1-7,12,15H,8-11,13-14H2. The summed E-state index contributed by atoms with van der Waals surface area (Å²) < 4.78 is 5.57. The zero-order valence-electron chi connectivity index (χ0n) is 14.9. The number of nitrogens with zero attached hydrogens (tertiary/aromatic N) is 3. The Hall–Kier alpha value is -2.22. The maximum atomic E-state index is 12.3. The molecule has 1 fully saturated rings. The molecular formula is C20H21N3O2S2. The van der Waals surface area contributed by atoms with Gasteiger partial charge in [0, 0.05) is 31.6 Å². The monoisotopic (exact) mass is 399 g/mol. The molecule has 0 radical (unpaired) electrons. The fourth-order valence-corrected chi connectivity index (χ4v) is 4.62. The molecular weight excluding hydrogens is 378 g/mol. The minimum atomic E-state index is 0.0488. The molecule has 5 nitrogen and oxygen atoms in total. The van der Waals surface area contributed by atoms with E-state index in [1.54, 1.807) is 22.7 Å². The summed E-state index contributed by atoms with van der Waals surface area (Å²) in [6.07, 6.45) is 0. The predicted molar refractivity (Wildman–Crippen MR) is 109 cm³/mol. The van der Waals surface area contributed by atoms with E-state index in [0.717, 1.165) is 49.2 Å². The average Bonchev–Trinajstić information content (AvgIpc) is 3.39. The summed E-state index contributed by atoms with van der Waals surface area (Å²) in [5, 5.41) is 5.33. The molecule has 1 aliphatic rings. The van der Waals surface area contributed by atoms with E-state index in [1.807, 2.05) is 35.2 Å². The Morgan fingerprint density at radius 2 is 1.85 bits per heavy atom. The maximum Gasteiger partial charge on any atom is 0.260 e. The van der Waals surface area contributed by atoms with Crippen LogP contribution in [0.15, 0.2) is 53.2 Å². The van der Waals surface area contributed by atoms with Crippen LogP contribution < -0.4 is 4.74 Å². The summed E-state index contributed by atoms with van der Waals surface area (Å²) >= 11 is 3.42. The van der Waals surface area contributed by atoms with Crippen molar-refractivity contribution in [3.05, 3.63) is 58.2 Å². The largest absolute Gasteiger partial charge is 0.484 e. The molecule has 2 aromatic heterocycles. The number of thiophene rings is 1. The third-order valence-corrected chi connectivity index (χ3v) is 6.24. The molecule has 1 saturated heterocycles. The van der Waals surface area contributed by atoms with Crippen LogP contribution in [0.3, 0.4) is 0 Å². The van der Waals surface area contributed by atoms with Crippen molar-refractivity contribution in [2.24, 2.45) is 0 Å². The molecule has 1 amide bonds. The zero-order chi connectivity index (χ0) is 18.5. The number of aromatic nitrogens is 1. The van der Waals surface area contributed by atoms with Crippen LogP contribution in [0.5, 0.6) is 5.75 Å². The van der Waals surface area contributed by atoms with Gasteiger partial charge in [0.15, 0.2) is 6.61 Å². The number of rotatable bonds is 6. The van der Waals surface area contributed by atoms with Crippen molar-refractivity contribution >= 4 is 28.6 Å². The van der Waals surface area contributed by atoms with Crippen molar-refractivity contribution in [3.8, 4) is 16.3 Å². The number of benzene rings is 1. The average molecular weight is 400 g/mol. The Morgan fingerprint density at radius 3 is 2.59 bits per heavy atom. The van der Waals surface area contributed by atoms with Gasteiger partial charge in [-0.05, 0) is 23.6 Å². The van der Waals surface area contributed by atoms with Gasteiger partial charge in [0.05, 0.1) is 17.1 Å². The van der Waals surface area contributed by atoms with E-state index in [-0.39, 0.29) is 12.5 Å². The lowest BCUT2D eigenvalue weighted by atomic mass is 10.3. The van der Waals surface area contributed by atoms with Gasteiger partial charge in [0.25, 0.3) is 5.91 Å². The van der Waals surface area contributed by atoms with Gasteiger partial charge in [0.1, 0.15) is 10.8 Å². The summed E-state index contributed by atoms with van der Waals surface area (Å²) in [4.78, 5) is 22.6. The number of ether oxygens (including phenoxy) is 1. The molecule has 0 spiro atoms. The number of amides is 1. The van der Waals surface area contributed by atoms with E-state index < -0.39 is 0 Å². The summed E-state index contributed by atoms with van der Waals surface area (Å²) in [5.74, 6) is 0.780. The third kappa shape index (κ3) is 4.74. The number of carbonyl (C=O) groups is 1. The number of hydrogen-bond donors (Lipinski definition) is 0. The van der Waals surface area contributed by atoms with Gasteiger partial charge in [-0.2, -0.15) is 0 Å². The summed E-state index contributed by atoms with van der Waals surface area (Å²) in [7, 11) is 0. The second-order valence-corrected chi connectivity index (χ2v) is 8.25. The Labute approximate surface area is 166 Å². The Bertz CT molecular complexity index is 857. The number of para-hydroxylation sites is 1. The van der Waals surface area contributed by atoms with Crippen LogP contribution >= 0.6 is 22.7 Å². The molecule has 0 aliphatic carbocycles. The van der Waals surface area contributed by atoms with Gasteiger partial charge in [-0.25, -0.2) is 4.98 Å². The molecule has 1 aliphatic heterocycles. The van der Waals surface area contributed by atoms with Crippen LogP contribution in [-0.2, 0) is 11.3 Å². The number of piperazine rings is 1. The first-order chi connectivity index (χ1) is 13.3. The molecule has 0 atom stereocenters. The first-order valence-corrected chi connectivity index (χ1v) is 10.7. The normalized spacial score (nSPS) is 15.0. The van der Waals surface area contributed by atoms with Crippen LogP contribution in [0.4, 0.5) is 0 Å². The Kier molecular flexibility index (Phi) is 5.81. The first kappa shape index (κ1) is 18.2. The molecule has 1 aromatic carbocycles. The summed E-state index contributed by atoms with van der Waals surface area (Å²) in [6.45, 7) is 4.15. The van der Waals surface area contributed by atoms with E-state index in [0.29, 0.717) is 0 Å². The van der Waals surface area contributed by atoms with Gasteiger partial charge in [-0.15, -0.1) is 22.7 Å². The van der Waals surface area contributed by atoms with E-state index in [2.05, 4.69) is 27.8 Å². The second kappa shape index (κ2) is 8.65. The quantitative estimate of drug-likeness (QED) is 0.635. The van der Waals surface area contributed by atoms with Crippen LogP contribution in [-0.4, -0.2) is 53.5 Å². The van der Waals surface area contributed by atoms with Gasteiger partial charge in [-0.1, -0.05) is 24.3 Å². The second-order valence-electron chi connectivity index (χ2n) is 6.36. The lowest BCUT2D eigenvalue weighted by molar-refractivity contribution is -0.135. The highest BCUT2D eigenvalue weighted by molar-refractivity contribution is 7.14. The molecule has 0 N–H and O–H groups in total. The molecule has 7 heteroatoms. The van der Waals surface area contributed by atoms with E-state index in [4.69, 9.17) is 9.72 Å². The maximum absolute atomic E-state index is 12.3. The molecule has 3 aromatic rings. The Balaban J connectivity index is 1.23. The van der Waals surface area contributed by atoms with Crippen LogP contribution in [0.2, 0.25) is 0 Å². The molecule has 4 rings (SSSR count). The van der Waals surface area contributed by atoms with Crippen molar-refractivity contribution in [1.29, 1.82) is 0 Å². The zero-order valence-corrected chi connectivity index (χ0v) is 16.5. The summed E-state index contributed by atoms with van der Waals surface area (Å²) in [6, 6.07) is 13.6. The Morgan fingerprint density at radius 1 is 1.04 bits per heavy atom. The molecule has 0 unspecified atom stereocenters. The molecule has 0 bridgehead atoms. The van der Waals surface area contributed by atoms with Crippen molar-refractivity contribution in [3.63, 3.8) is 0 Å². The highest BCUT2D eigenvalue weighted by Gasteiger charge is 2.22. The highest BCUT2D eigenvalue weighted by atomic mass is 32.1.